The van der Waals surface area contributed by atoms with Crippen molar-refractivity contribution in [2.24, 2.45) is 0 Å². The number of rotatable bonds is 5. The van der Waals surface area contributed by atoms with Gasteiger partial charge in [-0.2, -0.15) is 4.52 Å². The number of aromatic hydroxyl groups is 1. The normalized spacial score (nSPS) is 15.9. The minimum absolute atomic E-state index is 0.0701. The fourth-order valence-electron chi connectivity index (χ4n) is 4.26. The van der Waals surface area contributed by atoms with Crippen LogP contribution in [-0.2, 0) is 0 Å². The van der Waals surface area contributed by atoms with E-state index >= 15 is 0 Å². The average molecular weight is 514 g/mol. The molecule has 5 rings (SSSR count). The third-order valence-electron chi connectivity index (χ3n) is 5.84. The number of thiazole rings is 1. The monoisotopic (exact) mass is 513 g/mol. The first-order chi connectivity index (χ1) is 15.5. The standard InChI is InChI=1S/C23H24BrN5O2S/c1-15-25-23-29(26-15)22(30)21(32-23)20(16-4-3-5-17(24)14-16)28-12-10-27(11-13-28)18-6-8-19(31-2)9-7-18/h3-9,14,20,30H,10-13H2,1-2H3. The third-order valence-corrected chi connectivity index (χ3v) is 7.40. The summed E-state index contributed by atoms with van der Waals surface area (Å²) in [6.45, 7) is 5.38. The SMILES string of the molecule is COc1ccc(N2CCN(C(c3cccc(Br)c3)c3sc4nc(C)nn4c3O)CC2)cc1. The first kappa shape index (κ1) is 21.2. The minimum atomic E-state index is -0.0701. The van der Waals surface area contributed by atoms with Crippen molar-refractivity contribution in [2.75, 3.05) is 38.2 Å². The zero-order chi connectivity index (χ0) is 22.2. The number of aryl methyl sites for hydroxylation is 1. The van der Waals surface area contributed by atoms with E-state index in [9.17, 15) is 5.11 Å². The lowest BCUT2D eigenvalue weighted by atomic mass is 10.0. The molecule has 3 heterocycles. The Kier molecular flexibility index (Phi) is 5.79. The molecular formula is C23H24BrN5O2S. The van der Waals surface area contributed by atoms with Gasteiger partial charge in [-0.3, -0.25) is 4.90 Å². The first-order valence-electron chi connectivity index (χ1n) is 10.5. The number of hydrogen-bond acceptors (Lipinski definition) is 7. The van der Waals surface area contributed by atoms with E-state index in [2.05, 4.69) is 60.1 Å². The number of methoxy groups -OCH3 is 1. The van der Waals surface area contributed by atoms with Gasteiger partial charge >= 0.3 is 0 Å². The number of piperazine rings is 1. The van der Waals surface area contributed by atoms with Crippen LogP contribution in [0.2, 0.25) is 0 Å². The van der Waals surface area contributed by atoms with Gasteiger partial charge in [-0.25, -0.2) is 4.98 Å². The van der Waals surface area contributed by atoms with Crippen LogP contribution in [-0.4, -0.2) is 57.9 Å². The van der Waals surface area contributed by atoms with Gasteiger partial charge in [0.05, 0.1) is 18.0 Å². The van der Waals surface area contributed by atoms with E-state index in [0.29, 0.717) is 10.8 Å². The molecule has 0 aliphatic carbocycles. The van der Waals surface area contributed by atoms with E-state index in [-0.39, 0.29) is 11.9 Å². The minimum Gasteiger partial charge on any atom is -0.497 e. The van der Waals surface area contributed by atoms with Crippen molar-refractivity contribution >= 4 is 37.9 Å². The largest absolute Gasteiger partial charge is 0.497 e. The van der Waals surface area contributed by atoms with Crippen LogP contribution in [0.1, 0.15) is 22.3 Å². The third kappa shape index (κ3) is 3.96. The lowest BCUT2D eigenvalue weighted by Gasteiger charge is -2.40. The van der Waals surface area contributed by atoms with Crippen LogP contribution in [0.4, 0.5) is 5.69 Å². The first-order valence-corrected chi connectivity index (χ1v) is 12.1. The summed E-state index contributed by atoms with van der Waals surface area (Å²) >= 11 is 5.11. The summed E-state index contributed by atoms with van der Waals surface area (Å²) in [5, 5.41) is 15.4. The van der Waals surface area contributed by atoms with Gasteiger partial charge in [-0.05, 0) is 48.9 Å². The molecule has 0 amide bonds. The fourth-order valence-corrected chi connectivity index (χ4v) is 5.84. The zero-order valence-electron chi connectivity index (χ0n) is 17.9. The molecule has 0 radical (unpaired) electrons. The van der Waals surface area contributed by atoms with Gasteiger partial charge in [0.2, 0.25) is 10.8 Å². The van der Waals surface area contributed by atoms with E-state index in [4.69, 9.17) is 4.74 Å². The lowest BCUT2D eigenvalue weighted by Crippen LogP contribution is -2.47. The van der Waals surface area contributed by atoms with E-state index in [0.717, 1.165) is 46.8 Å². The van der Waals surface area contributed by atoms with Gasteiger partial charge in [-0.1, -0.05) is 39.4 Å². The number of benzene rings is 2. The van der Waals surface area contributed by atoms with Crippen molar-refractivity contribution in [1.29, 1.82) is 0 Å². The number of ether oxygens (including phenoxy) is 1. The second-order valence-electron chi connectivity index (χ2n) is 7.82. The number of hydrogen-bond donors (Lipinski definition) is 1. The van der Waals surface area contributed by atoms with Gasteiger partial charge in [0.1, 0.15) is 11.6 Å². The summed E-state index contributed by atoms with van der Waals surface area (Å²) in [6, 6.07) is 16.4. The van der Waals surface area contributed by atoms with Crippen LogP contribution < -0.4 is 9.64 Å². The molecule has 1 aliphatic rings. The summed E-state index contributed by atoms with van der Waals surface area (Å²) in [5.74, 6) is 1.70. The van der Waals surface area contributed by atoms with Crippen molar-refractivity contribution in [3.63, 3.8) is 0 Å². The lowest BCUT2D eigenvalue weighted by molar-refractivity contribution is 0.211. The maximum atomic E-state index is 11.0. The maximum Gasteiger partial charge on any atom is 0.230 e. The molecule has 0 bridgehead atoms. The van der Waals surface area contributed by atoms with Gasteiger partial charge in [-0.15, -0.1) is 5.10 Å². The molecule has 1 unspecified atom stereocenters. The second-order valence-corrected chi connectivity index (χ2v) is 9.75. The highest BCUT2D eigenvalue weighted by atomic mass is 79.9. The topological polar surface area (TPSA) is 66.1 Å². The quantitative estimate of drug-likeness (QED) is 0.424. The van der Waals surface area contributed by atoms with Crippen molar-refractivity contribution in [3.05, 3.63) is 69.3 Å². The summed E-state index contributed by atoms with van der Waals surface area (Å²) < 4.78 is 7.85. The van der Waals surface area contributed by atoms with Crippen LogP contribution in [0.15, 0.2) is 53.0 Å². The van der Waals surface area contributed by atoms with Crippen LogP contribution >= 0.6 is 27.3 Å². The number of fused-ring (bicyclic) bond motifs is 1. The fraction of sp³-hybridized carbons (Fsp3) is 0.304. The van der Waals surface area contributed by atoms with Gasteiger partial charge in [0, 0.05) is 36.3 Å². The molecule has 7 nitrogen and oxygen atoms in total. The van der Waals surface area contributed by atoms with Gasteiger partial charge in [0.15, 0.2) is 0 Å². The zero-order valence-corrected chi connectivity index (χ0v) is 20.3. The van der Waals surface area contributed by atoms with Crippen molar-refractivity contribution in [2.45, 2.75) is 13.0 Å². The average Bonchev–Trinajstić information content (AvgIpc) is 3.31. The number of nitrogens with zero attached hydrogens (tertiary/aromatic N) is 5. The Bertz CT molecular complexity index is 1230. The van der Waals surface area contributed by atoms with E-state index < -0.39 is 0 Å². The Hall–Kier alpha value is -2.62. The number of halogens is 1. The Labute approximate surface area is 199 Å². The van der Waals surface area contributed by atoms with E-state index in [1.807, 2.05) is 31.2 Å². The van der Waals surface area contributed by atoms with Crippen molar-refractivity contribution in [1.82, 2.24) is 19.5 Å². The summed E-state index contributed by atoms with van der Waals surface area (Å²) in [6.07, 6.45) is 0. The van der Waals surface area contributed by atoms with E-state index in [1.165, 1.54) is 17.0 Å². The Morgan fingerprint density at radius 3 is 2.50 bits per heavy atom. The highest BCUT2D eigenvalue weighted by Gasteiger charge is 2.31. The molecule has 0 spiro atoms. The molecular weight excluding hydrogens is 490 g/mol. The van der Waals surface area contributed by atoms with E-state index in [1.54, 1.807) is 11.6 Å². The second kappa shape index (κ2) is 8.73. The molecule has 1 aliphatic heterocycles. The summed E-state index contributed by atoms with van der Waals surface area (Å²) in [5.41, 5.74) is 2.33. The summed E-state index contributed by atoms with van der Waals surface area (Å²) in [4.78, 5) is 10.9. The Balaban J connectivity index is 1.44. The molecule has 0 saturated carbocycles. The van der Waals surface area contributed by atoms with Crippen LogP contribution in [0.5, 0.6) is 11.6 Å². The Morgan fingerprint density at radius 1 is 1.09 bits per heavy atom. The molecule has 2 aromatic heterocycles. The summed E-state index contributed by atoms with van der Waals surface area (Å²) in [7, 11) is 1.68. The van der Waals surface area contributed by atoms with Crippen molar-refractivity contribution in [3.8, 4) is 11.6 Å². The van der Waals surface area contributed by atoms with Crippen LogP contribution in [0.25, 0.3) is 4.96 Å². The highest BCUT2D eigenvalue weighted by Crippen LogP contribution is 2.41. The molecule has 1 saturated heterocycles. The molecule has 1 N–H and O–H groups in total. The molecule has 166 valence electrons. The molecule has 1 fully saturated rings. The van der Waals surface area contributed by atoms with Crippen LogP contribution in [0, 0.1) is 6.92 Å². The molecule has 32 heavy (non-hydrogen) atoms. The highest BCUT2D eigenvalue weighted by molar-refractivity contribution is 9.10. The Morgan fingerprint density at radius 2 is 1.84 bits per heavy atom. The molecule has 9 heteroatoms. The van der Waals surface area contributed by atoms with Gasteiger partial charge < -0.3 is 14.7 Å². The van der Waals surface area contributed by atoms with Gasteiger partial charge in [0.25, 0.3) is 0 Å². The molecule has 1 atom stereocenters. The van der Waals surface area contributed by atoms with Crippen LogP contribution in [0.3, 0.4) is 0 Å². The number of aromatic nitrogens is 3. The predicted molar refractivity (Wildman–Crippen MR) is 130 cm³/mol. The predicted octanol–water partition coefficient (Wildman–Crippen LogP) is 4.49. The smallest absolute Gasteiger partial charge is 0.230 e. The maximum absolute atomic E-state index is 11.0. The van der Waals surface area contributed by atoms with Crippen molar-refractivity contribution < 1.29 is 9.84 Å². The number of anilines is 1. The molecule has 4 aromatic rings. The molecule has 2 aromatic carbocycles.